The molecule has 0 unspecified atom stereocenters. The topological polar surface area (TPSA) is 53.1 Å². The van der Waals surface area contributed by atoms with E-state index in [4.69, 9.17) is 10.5 Å². The van der Waals surface area contributed by atoms with Crippen molar-refractivity contribution in [2.45, 2.75) is 32.7 Å². The number of nitrogens with two attached hydrogens (primary N) is 1. The summed E-state index contributed by atoms with van der Waals surface area (Å²) in [5, 5.41) is 4.32. The van der Waals surface area contributed by atoms with Crippen molar-refractivity contribution >= 4 is 5.69 Å². The van der Waals surface area contributed by atoms with Gasteiger partial charge in [0.2, 0.25) is 0 Å². The van der Waals surface area contributed by atoms with Crippen LogP contribution < -0.4 is 10.5 Å². The van der Waals surface area contributed by atoms with Crippen LogP contribution in [0.25, 0.3) is 0 Å². The predicted octanol–water partition coefficient (Wildman–Crippen LogP) is 3.06. The average molecular weight is 259 g/mol. The zero-order valence-electron chi connectivity index (χ0n) is 11.5. The van der Waals surface area contributed by atoms with Crippen LogP contribution in [0.1, 0.15) is 31.9 Å². The van der Waals surface area contributed by atoms with Gasteiger partial charge in [-0.1, -0.05) is 32.0 Å². The fraction of sp³-hybridized carbons (Fsp3) is 0.400. The normalized spacial score (nSPS) is 10.9. The molecule has 0 amide bonds. The van der Waals surface area contributed by atoms with Gasteiger partial charge in [-0.2, -0.15) is 5.10 Å². The molecule has 1 heterocycles. The van der Waals surface area contributed by atoms with E-state index in [1.165, 1.54) is 0 Å². The highest BCUT2D eigenvalue weighted by atomic mass is 16.5. The van der Waals surface area contributed by atoms with Crippen molar-refractivity contribution in [3.63, 3.8) is 0 Å². The van der Waals surface area contributed by atoms with Crippen LogP contribution in [0, 0.1) is 0 Å². The van der Waals surface area contributed by atoms with Crippen LogP contribution in [0.15, 0.2) is 36.5 Å². The molecule has 0 atom stereocenters. The molecule has 2 aromatic rings. The molecule has 0 saturated carbocycles. The largest absolute Gasteiger partial charge is 0.494 e. The number of aromatic nitrogens is 2. The maximum absolute atomic E-state index is 5.92. The molecule has 1 aromatic heterocycles. The first-order chi connectivity index (χ1) is 9.18. The van der Waals surface area contributed by atoms with Gasteiger partial charge in [0.1, 0.15) is 5.75 Å². The van der Waals surface area contributed by atoms with Crippen LogP contribution in [-0.4, -0.2) is 16.4 Å². The number of benzene rings is 1. The lowest BCUT2D eigenvalue weighted by Gasteiger charge is -2.11. The molecular formula is C15H21N3O. The third-order valence-electron chi connectivity index (χ3n) is 2.98. The summed E-state index contributed by atoms with van der Waals surface area (Å²) in [7, 11) is 0. The monoisotopic (exact) mass is 259 g/mol. The van der Waals surface area contributed by atoms with E-state index in [2.05, 4.69) is 18.9 Å². The summed E-state index contributed by atoms with van der Waals surface area (Å²) in [6.07, 6.45) is 2.64. The van der Waals surface area contributed by atoms with Gasteiger partial charge in [-0.3, -0.25) is 4.68 Å². The molecule has 4 nitrogen and oxygen atoms in total. The lowest BCUT2D eigenvalue weighted by Crippen LogP contribution is -2.10. The quantitative estimate of drug-likeness (QED) is 0.811. The minimum Gasteiger partial charge on any atom is -0.494 e. The number of nitrogens with zero attached hydrogens (tertiary/aromatic N) is 2. The van der Waals surface area contributed by atoms with E-state index in [-0.39, 0.29) is 0 Å². The molecule has 0 aliphatic heterocycles. The van der Waals surface area contributed by atoms with Crippen LogP contribution >= 0.6 is 0 Å². The second-order valence-electron chi connectivity index (χ2n) is 4.88. The van der Waals surface area contributed by atoms with Gasteiger partial charge < -0.3 is 10.5 Å². The van der Waals surface area contributed by atoms with E-state index < -0.39 is 0 Å². The van der Waals surface area contributed by atoms with Gasteiger partial charge in [-0.25, -0.2) is 0 Å². The number of anilines is 1. The summed E-state index contributed by atoms with van der Waals surface area (Å²) < 4.78 is 7.64. The third-order valence-corrected chi connectivity index (χ3v) is 2.98. The van der Waals surface area contributed by atoms with E-state index in [9.17, 15) is 0 Å². The van der Waals surface area contributed by atoms with Crippen LogP contribution in [0.3, 0.4) is 0 Å². The Balaban J connectivity index is 1.83. The smallest absolute Gasteiger partial charge is 0.119 e. The zero-order chi connectivity index (χ0) is 13.7. The Labute approximate surface area is 114 Å². The minimum atomic E-state index is 0.387. The summed E-state index contributed by atoms with van der Waals surface area (Å²) in [4.78, 5) is 0. The van der Waals surface area contributed by atoms with Gasteiger partial charge in [-0.05, 0) is 18.1 Å². The van der Waals surface area contributed by atoms with Gasteiger partial charge >= 0.3 is 0 Å². The predicted molar refractivity (Wildman–Crippen MR) is 77.3 cm³/mol. The summed E-state index contributed by atoms with van der Waals surface area (Å²) in [5.41, 5.74) is 7.81. The highest BCUT2D eigenvalue weighted by Crippen LogP contribution is 2.21. The van der Waals surface area contributed by atoms with Gasteiger partial charge in [-0.15, -0.1) is 0 Å². The first-order valence-corrected chi connectivity index (χ1v) is 6.67. The molecule has 0 saturated heterocycles. The van der Waals surface area contributed by atoms with Gasteiger partial charge in [0.25, 0.3) is 0 Å². The summed E-state index contributed by atoms with van der Waals surface area (Å²) >= 11 is 0. The van der Waals surface area contributed by atoms with Crippen molar-refractivity contribution in [2.75, 3.05) is 12.3 Å². The molecule has 102 valence electrons. The lowest BCUT2D eigenvalue weighted by atomic mass is 10.1. The highest BCUT2D eigenvalue weighted by molar-refractivity contribution is 5.42. The van der Waals surface area contributed by atoms with E-state index in [1.807, 2.05) is 35.0 Å². The minimum absolute atomic E-state index is 0.387. The molecule has 1 aromatic carbocycles. The Morgan fingerprint density at radius 2 is 2.00 bits per heavy atom. The maximum Gasteiger partial charge on any atom is 0.119 e. The molecule has 0 radical (unpaired) electrons. The average Bonchev–Trinajstić information content (AvgIpc) is 2.77. The second-order valence-corrected chi connectivity index (χ2v) is 4.88. The molecular weight excluding hydrogens is 238 g/mol. The number of hydrogen-bond acceptors (Lipinski definition) is 3. The molecule has 0 aliphatic carbocycles. The summed E-state index contributed by atoms with van der Waals surface area (Å²) in [5.74, 6) is 1.30. The summed E-state index contributed by atoms with van der Waals surface area (Å²) in [6, 6.07) is 9.85. The number of rotatable bonds is 6. The number of para-hydroxylation sites is 1. The lowest BCUT2D eigenvalue weighted by molar-refractivity contribution is 0.297. The van der Waals surface area contributed by atoms with Crippen molar-refractivity contribution in [3.05, 3.63) is 42.2 Å². The molecule has 4 heteroatoms. The SMILES string of the molecule is CC(C)c1c(N)cnn1CCCOc1ccccc1. The van der Waals surface area contributed by atoms with Crippen molar-refractivity contribution in [1.82, 2.24) is 9.78 Å². The Bertz CT molecular complexity index is 505. The Hall–Kier alpha value is -1.97. The summed E-state index contributed by atoms with van der Waals surface area (Å²) in [6.45, 7) is 5.77. The van der Waals surface area contributed by atoms with Crippen LogP contribution in [0.2, 0.25) is 0 Å². The first-order valence-electron chi connectivity index (χ1n) is 6.67. The van der Waals surface area contributed by atoms with Gasteiger partial charge in [0, 0.05) is 13.0 Å². The van der Waals surface area contributed by atoms with E-state index in [0.29, 0.717) is 12.5 Å². The number of ether oxygens (including phenoxy) is 1. The highest BCUT2D eigenvalue weighted by Gasteiger charge is 2.11. The van der Waals surface area contributed by atoms with Crippen molar-refractivity contribution in [3.8, 4) is 5.75 Å². The fourth-order valence-electron chi connectivity index (χ4n) is 2.14. The fourth-order valence-corrected chi connectivity index (χ4v) is 2.14. The first kappa shape index (κ1) is 13.5. The molecule has 0 bridgehead atoms. The Kier molecular flexibility index (Phi) is 4.44. The van der Waals surface area contributed by atoms with Crippen LogP contribution in [0.4, 0.5) is 5.69 Å². The standard InChI is InChI=1S/C15H21N3O/c1-12(2)15-14(16)11-17-18(15)9-6-10-19-13-7-4-3-5-8-13/h3-5,7-8,11-12H,6,9-10,16H2,1-2H3. The van der Waals surface area contributed by atoms with E-state index in [1.54, 1.807) is 6.20 Å². The second kappa shape index (κ2) is 6.27. The van der Waals surface area contributed by atoms with Crippen molar-refractivity contribution in [2.24, 2.45) is 0 Å². The van der Waals surface area contributed by atoms with Crippen molar-refractivity contribution in [1.29, 1.82) is 0 Å². The molecule has 2 rings (SSSR count). The van der Waals surface area contributed by atoms with E-state index in [0.717, 1.165) is 30.1 Å². The molecule has 19 heavy (non-hydrogen) atoms. The van der Waals surface area contributed by atoms with Gasteiger partial charge in [0.05, 0.1) is 24.2 Å². The molecule has 2 N–H and O–H groups in total. The Morgan fingerprint density at radius 3 is 2.68 bits per heavy atom. The molecule has 0 aliphatic rings. The maximum atomic E-state index is 5.92. The number of hydrogen-bond donors (Lipinski definition) is 1. The van der Waals surface area contributed by atoms with Crippen LogP contribution in [-0.2, 0) is 6.54 Å². The van der Waals surface area contributed by atoms with E-state index >= 15 is 0 Å². The number of aryl methyl sites for hydroxylation is 1. The Morgan fingerprint density at radius 1 is 1.26 bits per heavy atom. The molecule has 0 fully saturated rings. The van der Waals surface area contributed by atoms with Crippen LogP contribution in [0.5, 0.6) is 5.75 Å². The number of nitrogen functional groups attached to an aromatic ring is 1. The van der Waals surface area contributed by atoms with Crippen molar-refractivity contribution < 1.29 is 4.74 Å². The van der Waals surface area contributed by atoms with Gasteiger partial charge in [0.15, 0.2) is 0 Å². The molecule has 0 spiro atoms. The third kappa shape index (κ3) is 3.50. The zero-order valence-corrected chi connectivity index (χ0v) is 11.5.